The van der Waals surface area contributed by atoms with Crippen molar-refractivity contribution in [1.82, 2.24) is 0 Å². The largest absolute Gasteiger partial charge is 0.481 e. The number of esters is 1. The summed E-state index contributed by atoms with van der Waals surface area (Å²) in [6.45, 7) is 0.000885. The van der Waals surface area contributed by atoms with E-state index in [1.807, 2.05) is 48.5 Å². The highest BCUT2D eigenvalue weighted by atomic mass is 16.6. The fourth-order valence-electron chi connectivity index (χ4n) is 4.30. The average Bonchev–Trinajstić information content (AvgIpc) is 3.11. The van der Waals surface area contributed by atoms with Crippen LogP contribution in [-0.4, -0.2) is 34.6 Å². The Morgan fingerprint density at radius 3 is 2.03 bits per heavy atom. The van der Waals surface area contributed by atoms with Crippen molar-refractivity contribution in [1.29, 1.82) is 0 Å². The van der Waals surface area contributed by atoms with Crippen molar-refractivity contribution in [2.45, 2.75) is 18.4 Å². The van der Waals surface area contributed by atoms with Gasteiger partial charge in [0.2, 0.25) is 0 Å². The van der Waals surface area contributed by atoms with Crippen LogP contribution in [0.5, 0.6) is 0 Å². The number of carbonyl (C=O) groups is 2. The first-order valence-electron chi connectivity index (χ1n) is 10.4. The van der Waals surface area contributed by atoms with Gasteiger partial charge in [-0.25, -0.2) is 0 Å². The van der Waals surface area contributed by atoms with Gasteiger partial charge in [-0.2, -0.15) is 0 Å². The Bertz CT molecular complexity index is 1160. The van der Waals surface area contributed by atoms with Gasteiger partial charge < -0.3 is 15.6 Å². The van der Waals surface area contributed by atoms with Gasteiger partial charge in [-0.15, -0.1) is 0 Å². The van der Waals surface area contributed by atoms with Crippen molar-refractivity contribution < 1.29 is 24.4 Å². The van der Waals surface area contributed by atoms with Gasteiger partial charge in [-0.05, 0) is 34.2 Å². The van der Waals surface area contributed by atoms with Crippen LogP contribution in [0.25, 0.3) is 11.1 Å². The number of nitro benzene ring substituents is 1. The van der Waals surface area contributed by atoms with Gasteiger partial charge in [0, 0.05) is 24.1 Å². The lowest BCUT2D eigenvalue weighted by molar-refractivity contribution is -0.384. The van der Waals surface area contributed by atoms with E-state index in [9.17, 15) is 24.8 Å². The molecule has 0 aliphatic heterocycles. The van der Waals surface area contributed by atoms with E-state index in [2.05, 4.69) is 0 Å². The number of carboxylic acids is 1. The normalized spacial score (nSPS) is 14.1. The summed E-state index contributed by atoms with van der Waals surface area (Å²) in [6, 6.07) is 20.2. The first kappa shape index (κ1) is 22.2. The molecule has 1 aliphatic carbocycles. The highest BCUT2D eigenvalue weighted by molar-refractivity contribution is 5.95. The second-order valence-electron chi connectivity index (χ2n) is 7.96. The minimum atomic E-state index is -1.56. The molecule has 3 N–H and O–H groups in total. The molecule has 8 nitrogen and oxygen atoms in total. The van der Waals surface area contributed by atoms with Crippen LogP contribution in [-0.2, 0) is 20.7 Å². The van der Waals surface area contributed by atoms with E-state index < -0.39 is 28.8 Å². The van der Waals surface area contributed by atoms with Gasteiger partial charge in [0.25, 0.3) is 5.69 Å². The zero-order chi connectivity index (χ0) is 23.5. The molecule has 1 aliphatic rings. The average molecular weight is 446 g/mol. The van der Waals surface area contributed by atoms with Crippen LogP contribution in [0, 0.1) is 16.0 Å². The fraction of sp³-hybridized carbons (Fsp3) is 0.200. The third kappa shape index (κ3) is 4.47. The number of carboxylic acid groups (broad SMARTS) is 1. The lowest BCUT2D eigenvalue weighted by Crippen LogP contribution is -2.43. The Hall–Kier alpha value is -4.04. The summed E-state index contributed by atoms with van der Waals surface area (Å²) < 4.78 is 5.48. The number of benzene rings is 3. The first-order valence-corrected chi connectivity index (χ1v) is 10.4. The van der Waals surface area contributed by atoms with Crippen molar-refractivity contribution in [3.63, 3.8) is 0 Å². The summed E-state index contributed by atoms with van der Waals surface area (Å²) in [7, 11) is 0. The number of rotatable bonds is 8. The van der Waals surface area contributed by atoms with Crippen LogP contribution in [0.4, 0.5) is 5.69 Å². The van der Waals surface area contributed by atoms with Gasteiger partial charge in [-0.3, -0.25) is 19.7 Å². The van der Waals surface area contributed by atoms with E-state index in [1.165, 1.54) is 24.3 Å². The number of nitrogens with zero attached hydrogens (tertiary/aromatic N) is 1. The highest BCUT2D eigenvalue weighted by Gasteiger charge is 2.36. The second kappa shape index (κ2) is 9.22. The minimum Gasteiger partial charge on any atom is -0.481 e. The zero-order valence-electron chi connectivity index (χ0n) is 17.6. The van der Waals surface area contributed by atoms with E-state index >= 15 is 0 Å². The summed E-state index contributed by atoms with van der Waals surface area (Å²) in [5, 5.41) is 20.4. The molecule has 0 heterocycles. The molecule has 0 saturated heterocycles. The summed E-state index contributed by atoms with van der Waals surface area (Å²) in [5.41, 5.74) is 10.8. The molecule has 0 amide bonds. The van der Waals surface area contributed by atoms with Gasteiger partial charge >= 0.3 is 11.9 Å². The zero-order valence-corrected chi connectivity index (χ0v) is 17.6. The number of nitro groups is 1. The van der Waals surface area contributed by atoms with Crippen molar-refractivity contribution in [2.24, 2.45) is 11.7 Å². The third-order valence-electron chi connectivity index (χ3n) is 5.92. The monoisotopic (exact) mass is 446 g/mol. The van der Waals surface area contributed by atoms with Crippen molar-refractivity contribution in [3.8, 4) is 11.1 Å². The smallest absolute Gasteiger partial charge is 0.321 e. The highest BCUT2D eigenvalue weighted by Crippen LogP contribution is 2.44. The molecular formula is C25H22N2O6. The predicted molar refractivity (Wildman–Crippen MR) is 121 cm³/mol. The molecule has 0 spiro atoms. The number of aliphatic carboxylic acids is 1. The molecule has 2 atom stereocenters. The standard InChI is InChI=1S/C25H22N2O6/c26-22(13-15-9-11-16(12-10-15)27(31)32)23(24(28)29)25(30)33-14-21-19-7-3-1-5-17(19)18-6-2-4-8-20(18)21/h1-12,21-23H,13-14,26H2,(H,28,29)/t22?,23-/m1/s1. The van der Waals surface area contributed by atoms with E-state index in [1.54, 1.807) is 0 Å². The molecular weight excluding hydrogens is 424 g/mol. The number of fused-ring (bicyclic) bond motifs is 3. The second-order valence-corrected chi connectivity index (χ2v) is 7.96. The minimum absolute atomic E-state index is 0.000885. The van der Waals surface area contributed by atoms with E-state index in [4.69, 9.17) is 10.5 Å². The van der Waals surface area contributed by atoms with Crippen LogP contribution < -0.4 is 5.73 Å². The van der Waals surface area contributed by atoms with Crippen LogP contribution in [0.2, 0.25) is 0 Å². The lowest BCUT2D eigenvalue weighted by Gasteiger charge is -2.21. The summed E-state index contributed by atoms with van der Waals surface area (Å²) in [4.78, 5) is 34.9. The maximum Gasteiger partial charge on any atom is 0.321 e. The number of ether oxygens (including phenoxy) is 1. The maximum atomic E-state index is 12.8. The number of carbonyl (C=O) groups excluding carboxylic acids is 1. The number of hydrogen-bond donors (Lipinski definition) is 2. The Morgan fingerprint density at radius 2 is 1.52 bits per heavy atom. The summed E-state index contributed by atoms with van der Waals surface area (Å²) >= 11 is 0. The van der Waals surface area contributed by atoms with Crippen molar-refractivity contribution in [3.05, 3.63) is 99.6 Å². The molecule has 0 fully saturated rings. The van der Waals surface area contributed by atoms with Gasteiger partial charge in [-0.1, -0.05) is 60.7 Å². The quantitative estimate of drug-likeness (QED) is 0.234. The Kier molecular flexibility index (Phi) is 6.19. The predicted octanol–water partition coefficient (Wildman–Crippen LogP) is 3.52. The molecule has 0 saturated carbocycles. The molecule has 3 aromatic carbocycles. The first-order chi connectivity index (χ1) is 15.9. The molecule has 33 heavy (non-hydrogen) atoms. The topological polar surface area (TPSA) is 133 Å². The maximum absolute atomic E-state index is 12.8. The van der Waals surface area contributed by atoms with Gasteiger partial charge in [0.15, 0.2) is 5.92 Å². The number of hydrogen-bond acceptors (Lipinski definition) is 6. The van der Waals surface area contributed by atoms with Crippen LogP contribution in [0.15, 0.2) is 72.8 Å². The molecule has 0 bridgehead atoms. The molecule has 1 unspecified atom stereocenters. The van der Waals surface area contributed by atoms with E-state index in [0.717, 1.165) is 22.3 Å². The third-order valence-corrected chi connectivity index (χ3v) is 5.92. The SMILES string of the molecule is NC(Cc1ccc([N+](=O)[O-])cc1)[C@H](C(=O)O)C(=O)OCC1c2ccccc2-c2ccccc21. The van der Waals surface area contributed by atoms with Crippen molar-refractivity contribution >= 4 is 17.6 Å². The number of nitrogens with two attached hydrogens (primary N) is 1. The summed E-state index contributed by atoms with van der Waals surface area (Å²) in [6.07, 6.45) is 0.0547. The van der Waals surface area contributed by atoms with Gasteiger partial charge in [0.05, 0.1) is 4.92 Å². The fourth-order valence-corrected chi connectivity index (χ4v) is 4.30. The van der Waals surface area contributed by atoms with E-state index in [-0.39, 0.29) is 24.6 Å². The van der Waals surface area contributed by atoms with Crippen LogP contribution >= 0.6 is 0 Å². The lowest BCUT2D eigenvalue weighted by atomic mass is 9.94. The molecule has 4 rings (SSSR count). The Labute approximate surface area is 189 Å². The molecule has 3 aromatic rings. The van der Waals surface area contributed by atoms with Crippen LogP contribution in [0.1, 0.15) is 22.6 Å². The molecule has 0 aromatic heterocycles. The van der Waals surface area contributed by atoms with Crippen molar-refractivity contribution in [2.75, 3.05) is 6.61 Å². The van der Waals surface area contributed by atoms with Crippen LogP contribution in [0.3, 0.4) is 0 Å². The van der Waals surface area contributed by atoms with Gasteiger partial charge in [0.1, 0.15) is 6.61 Å². The Balaban J connectivity index is 1.47. The summed E-state index contributed by atoms with van der Waals surface area (Å²) in [5.74, 6) is -4.03. The molecule has 0 radical (unpaired) electrons. The van der Waals surface area contributed by atoms with E-state index in [0.29, 0.717) is 5.56 Å². The molecule has 168 valence electrons. The number of non-ortho nitro benzene ring substituents is 1. The molecule has 8 heteroatoms. The Morgan fingerprint density at radius 1 is 0.970 bits per heavy atom.